The van der Waals surface area contributed by atoms with E-state index in [9.17, 15) is 0 Å². The highest BCUT2D eigenvalue weighted by Gasteiger charge is 2.12. The van der Waals surface area contributed by atoms with Gasteiger partial charge in [0, 0.05) is 0 Å². The minimum Gasteiger partial charge on any atom is -0.489 e. The summed E-state index contributed by atoms with van der Waals surface area (Å²) in [6, 6.07) is 17.2. The van der Waals surface area contributed by atoms with Gasteiger partial charge < -0.3 is 14.0 Å². The van der Waals surface area contributed by atoms with E-state index in [1.54, 1.807) is 6.26 Å². The Bertz CT molecular complexity index is 733. The molecule has 0 aliphatic rings. The van der Waals surface area contributed by atoms with Crippen LogP contribution in [0.1, 0.15) is 31.0 Å². The third kappa shape index (κ3) is 3.92. The summed E-state index contributed by atoms with van der Waals surface area (Å²) < 4.78 is 16.6. The summed E-state index contributed by atoms with van der Waals surface area (Å²) in [6.07, 6.45) is 1.64. The van der Waals surface area contributed by atoms with E-state index in [0.717, 1.165) is 28.5 Å². The molecule has 0 bridgehead atoms. The van der Waals surface area contributed by atoms with Gasteiger partial charge in [0.25, 0.3) is 0 Å². The lowest BCUT2D eigenvalue weighted by Gasteiger charge is -2.09. The molecule has 0 saturated heterocycles. The number of rotatable bonds is 6. The van der Waals surface area contributed by atoms with Crippen LogP contribution in [0.4, 0.5) is 0 Å². The van der Waals surface area contributed by atoms with E-state index in [1.165, 1.54) is 0 Å². The Kier molecular flexibility index (Phi) is 4.62. The average Bonchev–Trinajstić information content (AvgIpc) is 3.04. The molecule has 3 rings (SSSR count). The fourth-order valence-electron chi connectivity index (χ4n) is 2.24. The van der Waals surface area contributed by atoms with E-state index in [1.807, 2.05) is 54.6 Å². The molecule has 118 valence electrons. The van der Waals surface area contributed by atoms with Crippen molar-refractivity contribution in [3.05, 3.63) is 72.1 Å². The molecule has 2 aromatic carbocycles. The number of aromatic nitrogens is 1. The van der Waals surface area contributed by atoms with Gasteiger partial charge in [0.05, 0.1) is 11.3 Å². The third-order valence-corrected chi connectivity index (χ3v) is 3.42. The number of hydrogen-bond donors (Lipinski definition) is 0. The maximum atomic E-state index is 5.79. The van der Waals surface area contributed by atoms with Crippen molar-refractivity contribution in [1.82, 2.24) is 5.16 Å². The molecule has 3 aromatic rings. The van der Waals surface area contributed by atoms with Crippen molar-refractivity contribution >= 4 is 0 Å². The Hall–Kier alpha value is -2.75. The van der Waals surface area contributed by atoms with E-state index < -0.39 is 0 Å². The van der Waals surface area contributed by atoms with Gasteiger partial charge in [-0.3, -0.25) is 0 Å². The first-order valence-electron chi connectivity index (χ1n) is 7.61. The first-order valence-corrected chi connectivity index (χ1v) is 7.61. The number of benzene rings is 2. The van der Waals surface area contributed by atoms with Crippen molar-refractivity contribution in [3.8, 4) is 17.2 Å². The Labute approximate surface area is 135 Å². The highest BCUT2D eigenvalue weighted by Crippen LogP contribution is 2.25. The molecule has 0 unspecified atom stereocenters. The number of ether oxygens (including phenoxy) is 2. The lowest BCUT2D eigenvalue weighted by molar-refractivity contribution is 0.303. The standard InChI is InChI=1S/C19H19NO3/c1-14(2)19-15(13-22-20-19)12-21-16-8-10-18(11-9-16)23-17-6-4-3-5-7-17/h3-11,13-14H,12H2,1-2H3. The molecule has 0 fully saturated rings. The minimum atomic E-state index is 0.314. The molecule has 0 atom stereocenters. The summed E-state index contributed by atoms with van der Waals surface area (Å²) in [5.74, 6) is 2.68. The molecule has 4 heteroatoms. The zero-order chi connectivity index (χ0) is 16.1. The highest BCUT2D eigenvalue weighted by atomic mass is 16.5. The van der Waals surface area contributed by atoms with Gasteiger partial charge in [-0.15, -0.1) is 0 Å². The average molecular weight is 309 g/mol. The Morgan fingerprint density at radius 1 is 0.913 bits per heavy atom. The van der Waals surface area contributed by atoms with Crippen molar-refractivity contribution in [1.29, 1.82) is 0 Å². The SMILES string of the molecule is CC(C)c1nocc1COc1ccc(Oc2ccccc2)cc1. The maximum absolute atomic E-state index is 5.79. The van der Waals surface area contributed by atoms with Gasteiger partial charge in [0.15, 0.2) is 0 Å². The molecule has 0 N–H and O–H groups in total. The zero-order valence-corrected chi connectivity index (χ0v) is 13.2. The molecule has 1 heterocycles. The molecule has 0 aliphatic carbocycles. The van der Waals surface area contributed by atoms with Crippen molar-refractivity contribution in [3.63, 3.8) is 0 Å². The van der Waals surface area contributed by atoms with Crippen molar-refractivity contribution < 1.29 is 14.0 Å². The van der Waals surface area contributed by atoms with Crippen LogP contribution in [-0.2, 0) is 6.61 Å². The van der Waals surface area contributed by atoms with Crippen LogP contribution in [-0.4, -0.2) is 5.16 Å². The first-order chi connectivity index (χ1) is 11.2. The molecule has 0 amide bonds. The third-order valence-electron chi connectivity index (χ3n) is 3.42. The molecule has 0 aliphatic heterocycles. The fourth-order valence-corrected chi connectivity index (χ4v) is 2.24. The predicted molar refractivity (Wildman–Crippen MR) is 87.9 cm³/mol. The number of nitrogens with zero attached hydrogens (tertiary/aromatic N) is 1. The quantitative estimate of drug-likeness (QED) is 0.630. The molecule has 4 nitrogen and oxygen atoms in total. The zero-order valence-electron chi connectivity index (χ0n) is 13.2. The monoisotopic (exact) mass is 309 g/mol. The normalized spacial score (nSPS) is 10.7. The second-order valence-corrected chi connectivity index (χ2v) is 5.55. The van der Waals surface area contributed by atoms with E-state index >= 15 is 0 Å². The van der Waals surface area contributed by atoms with Crippen LogP contribution in [0.2, 0.25) is 0 Å². The van der Waals surface area contributed by atoms with Gasteiger partial charge in [-0.05, 0) is 42.3 Å². The molecule has 0 spiro atoms. The van der Waals surface area contributed by atoms with Crippen LogP contribution in [0.5, 0.6) is 17.2 Å². The summed E-state index contributed by atoms with van der Waals surface area (Å²) in [5.41, 5.74) is 1.92. The van der Waals surface area contributed by atoms with E-state index in [-0.39, 0.29) is 0 Å². The molecule has 23 heavy (non-hydrogen) atoms. The van der Waals surface area contributed by atoms with Crippen LogP contribution in [0, 0.1) is 0 Å². The van der Waals surface area contributed by atoms with Gasteiger partial charge in [-0.25, -0.2) is 0 Å². The smallest absolute Gasteiger partial charge is 0.130 e. The summed E-state index contributed by atoms with van der Waals surface area (Å²) in [6.45, 7) is 4.60. The molecular weight excluding hydrogens is 290 g/mol. The van der Waals surface area contributed by atoms with Crippen molar-refractivity contribution in [2.75, 3.05) is 0 Å². The van der Waals surface area contributed by atoms with Gasteiger partial charge in [0.1, 0.15) is 30.1 Å². The van der Waals surface area contributed by atoms with E-state index in [0.29, 0.717) is 12.5 Å². The van der Waals surface area contributed by atoms with Crippen LogP contribution >= 0.6 is 0 Å². The molecule has 0 saturated carbocycles. The second-order valence-electron chi connectivity index (χ2n) is 5.55. The topological polar surface area (TPSA) is 44.5 Å². The van der Waals surface area contributed by atoms with Crippen LogP contribution in [0.15, 0.2) is 65.4 Å². The molecular formula is C19H19NO3. The van der Waals surface area contributed by atoms with Crippen molar-refractivity contribution in [2.45, 2.75) is 26.4 Å². The molecule has 0 radical (unpaired) electrons. The summed E-state index contributed by atoms with van der Waals surface area (Å²) in [7, 11) is 0. The summed E-state index contributed by atoms with van der Waals surface area (Å²) >= 11 is 0. The Morgan fingerprint density at radius 3 is 2.26 bits per heavy atom. The lowest BCUT2D eigenvalue weighted by atomic mass is 10.1. The summed E-state index contributed by atoms with van der Waals surface area (Å²) in [4.78, 5) is 0. The number of hydrogen-bond acceptors (Lipinski definition) is 4. The van der Waals surface area contributed by atoms with Crippen LogP contribution in [0.3, 0.4) is 0 Å². The lowest BCUT2D eigenvalue weighted by Crippen LogP contribution is -1.99. The predicted octanol–water partition coefficient (Wildman–Crippen LogP) is 5.17. The highest BCUT2D eigenvalue weighted by molar-refractivity contribution is 5.35. The maximum Gasteiger partial charge on any atom is 0.130 e. The Balaban J connectivity index is 1.60. The van der Waals surface area contributed by atoms with Gasteiger partial charge in [0.2, 0.25) is 0 Å². The van der Waals surface area contributed by atoms with E-state index in [4.69, 9.17) is 14.0 Å². The fraction of sp³-hybridized carbons (Fsp3) is 0.211. The van der Waals surface area contributed by atoms with Crippen molar-refractivity contribution in [2.24, 2.45) is 0 Å². The minimum absolute atomic E-state index is 0.314. The van der Waals surface area contributed by atoms with Crippen LogP contribution < -0.4 is 9.47 Å². The first kappa shape index (κ1) is 15.2. The Morgan fingerprint density at radius 2 is 1.57 bits per heavy atom. The number of para-hydroxylation sites is 1. The van der Waals surface area contributed by atoms with Crippen LogP contribution in [0.25, 0.3) is 0 Å². The summed E-state index contributed by atoms with van der Waals surface area (Å²) in [5, 5.41) is 4.01. The second kappa shape index (κ2) is 7.01. The van der Waals surface area contributed by atoms with E-state index in [2.05, 4.69) is 19.0 Å². The van der Waals surface area contributed by atoms with Gasteiger partial charge in [-0.2, -0.15) is 0 Å². The van der Waals surface area contributed by atoms with Gasteiger partial charge in [-0.1, -0.05) is 37.2 Å². The molecule has 1 aromatic heterocycles. The largest absolute Gasteiger partial charge is 0.489 e. The van der Waals surface area contributed by atoms with Gasteiger partial charge >= 0.3 is 0 Å².